The number of nitrogens with zero attached hydrogens (tertiary/aromatic N) is 1. The first kappa shape index (κ1) is 16.9. The van der Waals surface area contributed by atoms with Crippen LogP contribution in [0.5, 0.6) is 5.75 Å². The van der Waals surface area contributed by atoms with Crippen molar-refractivity contribution in [1.29, 1.82) is 5.41 Å². The molecule has 0 saturated carbocycles. The number of benzene rings is 1. The molecule has 0 aliphatic heterocycles. The molecule has 0 fully saturated rings. The van der Waals surface area contributed by atoms with E-state index in [1.165, 1.54) is 0 Å². The minimum Gasteiger partial charge on any atom is -0.439 e. The first-order valence-corrected chi connectivity index (χ1v) is 6.69. The number of amidine groups is 1. The van der Waals surface area contributed by atoms with Crippen molar-refractivity contribution in [2.45, 2.75) is 6.42 Å². The molecule has 110 valence electrons. The van der Waals surface area contributed by atoms with Gasteiger partial charge in [-0.15, -0.1) is 0 Å². The third-order valence-corrected chi connectivity index (χ3v) is 2.33. The minimum atomic E-state index is -0.369. The standard InChI is InChI=1S/C16H17ClN2O2/c1-13(7-5-6-12-20)10-11-15(19-16(17)18)21-14-8-3-2-4-9-14/h2-5,7-11,18,20H,1,6,12H2/b7-5+,11-10+,18-16?,19-15+. The first-order valence-electron chi connectivity index (χ1n) is 6.32. The van der Waals surface area contributed by atoms with Crippen LogP contribution in [0, 0.1) is 5.41 Å². The highest BCUT2D eigenvalue weighted by Gasteiger charge is 2.00. The number of hydrogen-bond acceptors (Lipinski definition) is 3. The number of aliphatic imine (C=N–C) groups is 1. The molecule has 5 heteroatoms. The molecule has 0 atom stereocenters. The summed E-state index contributed by atoms with van der Waals surface area (Å²) in [7, 11) is 0. The Morgan fingerprint density at radius 3 is 2.62 bits per heavy atom. The Morgan fingerprint density at radius 1 is 1.29 bits per heavy atom. The number of hydrogen-bond donors (Lipinski definition) is 2. The molecule has 4 nitrogen and oxygen atoms in total. The van der Waals surface area contributed by atoms with Crippen LogP contribution < -0.4 is 4.74 Å². The van der Waals surface area contributed by atoms with Crippen molar-refractivity contribution in [3.63, 3.8) is 0 Å². The number of halogens is 1. The van der Waals surface area contributed by atoms with Gasteiger partial charge in [0, 0.05) is 12.7 Å². The molecule has 0 aliphatic carbocycles. The smallest absolute Gasteiger partial charge is 0.221 e. The maximum Gasteiger partial charge on any atom is 0.221 e. The molecule has 1 aromatic carbocycles. The second-order valence-corrected chi connectivity index (χ2v) is 4.34. The summed E-state index contributed by atoms with van der Waals surface area (Å²) >= 11 is 5.47. The van der Waals surface area contributed by atoms with Gasteiger partial charge >= 0.3 is 0 Å². The fraction of sp³-hybridized carbons (Fsp3) is 0.125. The van der Waals surface area contributed by atoms with Gasteiger partial charge < -0.3 is 9.84 Å². The van der Waals surface area contributed by atoms with Gasteiger partial charge in [0.2, 0.25) is 11.2 Å². The Kier molecular flexibility index (Phi) is 7.79. The van der Waals surface area contributed by atoms with E-state index in [1.54, 1.807) is 30.4 Å². The summed E-state index contributed by atoms with van der Waals surface area (Å²) in [6, 6.07) is 9.09. The van der Waals surface area contributed by atoms with Crippen LogP contribution in [-0.4, -0.2) is 22.9 Å². The van der Waals surface area contributed by atoms with Gasteiger partial charge in [-0.05, 0) is 35.7 Å². The zero-order valence-electron chi connectivity index (χ0n) is 11.5. The average Bonchev–Trinajstić information content (AvgIpc) is 2.45. The van der Waals surface area contributed by atoms with Crippen molar-refractivity contribution in [2.75, 3.05) is 6.61 Å². The molecule has 0 saturated heterocycles. The molecule has 0 radical (unpaired) electrons. The zero-order valence-corrected chi connectivity index (χ0v) is 12.3. The molecule has 21 heavy (non-hydrogen) atoms. The number of ether oxygens (including phenoxy) is 1. The molecule has 0 bridgehead atoms. The average molecular weight is 305 g/mol. The SMILES string of the molecule is C=C(/C=C/CCO)/C=C/C(=N\C(=N)Cl)Oc1ccccc1. The molecule has 0 aromatic heterocycles. The number of allylic oxidation sites excluding steroid dienone is 3. The van der Waals surface area contributed by atoms with Crippen molar-refractivity contribution in [1.82, 2.24) is 0 Å². The highest BCUT2D eigenvalue weighted by Crippen LogP contribution is 2.10. The van der Waals surface area contributed by atoms with Crippen molar-refractivity contribution >= 4 is 22.8 Å². The molecule has 0 amide bonds. The lowest BCUT2D eigenvalue weighted by Gasteiger charge is -2.04. The van der Waals surface area contributed by atoms with E-state index in [0.717, 1.165) is 0 Å². The zero-order chi connectivity index (χ0) is 15.5. The molecule has 0 spiro atoms. The number of aliphatic hydroxyl groups excluding tert-OH is 1. The predicted molar refractivity (Wildman–Crippen MR) is 87.2 cm³/mol. The second-order valence-electron chi connectivity index (χ2n) is 3.98. The van der Waals surface area contributed by atoms with Gasteiger partial charge in [0.05, 0.1) is 0 Å². The Morgan fingerprint density at radius 2 is 2.00 bits per heavy atom. The summed E-state index contributed by atoms with van der Waals surface area (Å²) in [6.07, 6.45) is 7.43. The minimum absolute atomic E-state index is 0.0979. The van der Waals surface area contributed by atoms with E-state index in [1.807, 2.05) is 24.3 Å². The molecule has 0 aliphatic rings. The summed E-state index contributed by atoms with van der Waals surface area (Å²) in [4.78, 5) is 3.79. The summed E-state index contributed by atoms with van der Waals surface area (Å²) < 4.78 is 5.53. The monoisotopic (exact) mass is 304 g/mol. The molecular weight excluding hydrogens is 288 g/mol. The van der Waals surface area contributed by atoms with Crippen molar-refractivity contribution < 1.29 is 9.84 Å². The van der Waals surface area contributed by atoms with Crippen LogP contribution in [0.1, 0.15) is 6.42 Å². The van der Waals surface area contributed by atoms with E-state index in [0.29, 0.717) is 17.7 Å². The van der Waals surface area contributed by atoms with E-state index in [4.69, 9.17) is 26.9 Å². The molecule has 1 rings (SSSR count). The highest BCUT2D eigenvalue weighted by molar-refractivity contribution is 6.64. The number of aliphatic hydroxyl groups is 1. The fourth-order valence-electron chi connectivity index (χ4n) is 1.34. The van der Waals surface area contributed by atoms with Crippen LogP contribution in [0.2, 0.25) is 0 Å². The quantitative estimate of drug-likeness (QED) is 0.364. The third kappa shape index (κ3) is 7.87. The summed E-state index contributed by atoms with van der Waals surface area (Å²) in [5.41, 5.74) is 0.717. The van der Waals surface area contributed by atoms with Gasteiger partial charge in [-0.3, -0.25) is 5.41 Å². The normalized spacial score (nSPS) is 12.0. The number of rotatable bonds is 6. The largest absolute Gasteiger partial charge is 0.439 e. The second kappa shape index (κ2) is 9.69. The van der Waals surface area contributed by atoms with Crippen molar-refractivity contribution in [2.24, 2.45) is 4.99 Å². The molecule has 2 N–H and O–H groups in total. The van der Waals surface area contributed by atoms with Gasteiger partial charge in [0.15, 0.2) is 0 Å². The van der Waals surface area contributed by atoms with Crippen LogP contribution in [-0.2, 0) is 0 Å². The Hall–Kier alpha value is -2.17. The predicted octanol–water partition coefficient (Wildman–Crippen LogP) is 3.69. The maximum absolute atomic E-state index is 8.68. The lowest BCUT2D eigenvalue weighted by molar-refractivity contribution is 0.302. The van der Waals surface area contributed by atoms with E-state index < -0.39 is 0 Å². The van der Waals surface area contributed by atoms with Crippen LogP contribution in [0.25, 0.3) is 0 Å². The Labute approximate surface area is 129 Å². The highest BCUT2D eigenvalue weighted by atomic mass is 35.5. The summed E-state index contributed by atoms with van der Waals surface area (Å²) in [5.74, 6) is 0.790. The van der Waals surface area contributed by atoms with Crippen molar-refractivity contribution in [3.8, 4) is 5.75 Å². The van der Waals surface area contributed by atoms with Crippen LogP contribution in [0.3, 0.4) is 0 Å². The van der Waals surface area contributed by atoms with Gasteiger partial charge in [0.25, 0.3) is 0 Å². The topological polar surface area (TPSA) is 65.7 Å². The molecule has 0 unspecified atom stereocenters. The summed E-state index contributed by atoms with van der Waals surface area (Å²) in [6.45, 7) is 3.93. The van der Waals surface area contributed by atoms with Gasteiger partial charge in [-0.2, -0.15) is 4.99 Å². The van der Waals surface area contributed by atoms with E-state index in [-0.39, 0.29) is 17.8 Å². The van der Waals surface area contributed by atoms with Gasteiger partial charge in [-0.1, -0.05) is 43.0 Å². The van der Waals surface area contributed by atoms with E-state index >= 15 is 0 Å². The number of nitrogens with one attached hydrogen (secondary N) is 1. The summed E-state index contributed by atoms with van der Waals surface area (Å²) in [5, 5.41) is 15.5. The van der Waals surface area contributed by atoms with Crippen LogP contribution in [0.15, 0.2) is 71.8 Å². The van der Waals surface area contributed by atoms with E-state index in [2.05, 4.69) is 11.6 Å². The van der Waals surface area contributed by atoms with Crippen molar-refractivity contribution in [3.05, 3.63) is 66.8 Å². The van der Waals surface area contributed by atoms with Gasteiger partial charge in [-0.25, -0.2) is 0 Å². The van der Waals surface area contributed by atoms with Crippen LogP contribution >= 0.6 is 11.6 Å². The molecular formula is C16H17ClN2O2. The molecule has 0 heterocycles. The lowest BCUT2D eigenvalue weighted by atomic mass is 10.2. The van der Waals surface area contributed by atoms with Crippen LogP contribution in [0.4, 0.5) is 0 Å². The Balaban J connectivity index is 2.75. The maximum atomic E-state index is 8.68. The first-order chi connectivity index (χ1) is 10.1. The third-order valence-electron chi connectivity index (χ3n) is 2.24. The lowest BCUT2D eigenvalue weighted by Crippen LogP contribution is -2.06. The fourth-order valence-corrected chi connectivity index (χ4v) is 1.43. The van der Waals surface area contributed by atoms with E-state index in [9.17, 15) is 0 Å². The Bertz CT molecular complexity index is 563. The van der Waals surface area contributed by atoms with Gasteiger partial charge in [0.1, 0.15) is 5.75 Å². The number of para-hydroxylation sites is 1. The molecule has 1 aromatic rings.